The molecule has 0 fully saturated rings. The number of carbonyl (C=O) groups is 2. The van der Waals surface area contributed by atoms with Crippen LogP contribution in [-0.2, 0) is 15.3 Å². The van der Waals surface area contributed by atoms with Gasteiger partial charge in [-0.25, -0.2) is 4.79 Å². The van der Waals surface area contributed by atoms with Crippen LogP contribution in [0.2, 0.25) is 5.02 Å². The van der Waals surface area contributed by atoms with Crippen LogP contribution in [0.25, 0.3) is 0 Å². The second-order valence-corrected chi connectivity index (χ2v) is 5.81. The van der Waals surface area contributed by atoms with Crippen molar-refractivity contribution in [3.63, 3.8) is 0 Å². The molecule has 128 valence electrons. The minimum absolute atomic E-state index is 0.0655. The standard InChI is InChI=1S/C17H14ClN3O4/c1-25-16(23)14-10-17(24,11-5-7-12(18)8-6-11)21(20-14)15(22)13-4-2-3-9-19-13/h2-9,24H,10H2,1H3. The van der Waals surface area contributed by atoms with E-state index >= 15 is 0 Å². The Morgan fingerprint density at radius 1 is 1.24 bits per heavy atom. The molecule has 0 spiro atoms. The number of hydrogen-bond acceptors (Lipinski definition) is 6. The number of pyridine rings is 1. The Bertz CT molecular complexity index is 839. The number of hydrazone groups is 1. The van der Waals surface area contributed by atoms with Gasteiger partial charge in [0.25, 0.3) is 5.91 Å². The number of rotatable bonds is 3. The molecule has 0 radical (unpaired) electrons. The number of nitrogens with zero attached hydrogens (tertiary/aromatic N) is 3. The molecule has 0 saturated heterocycles. The van der Waals surface area contributed by atoms with Crippen LogP contribution in [0.5, 0.6) is 0 Å². The summed E-state index contributed by atoms with van der Waals surface area (Å²) in [5, 5.41) is 16.5. The van der Waals surface area contributed by atoms with E-state index in [1.165, 1.54) is 19.4 Å². The topological polar surface area (TPSA) is 92.1 Å². The minimum Gasteiger partial charge on any atom is -0.464 e. The van der Waals surface area contributed by atoms with Crippen LogP contribution < -0.4 is 0 Å². The summed E-state index contributed by atoms with van der Waals surface area (Å²) in [6, 6.07) is 11.1. The molecule has 25 heavy (non-hydrogen) atoms. The van der Waals surface area contributed by atoms with Crippen LogP contribution in [0.15, 0.2) is 53.8 Å². The lowest BCUT2D eigenvalue weighted by Crippen LogP contribution is -2.43. The van der Waals surface area contributed by atoms with Crippen molar-refractivity contribution < 1.29 is 19.4 Å². The van der Waals surface area contributed by atoms with E-state index < -0.39 is 17.6 Å². The fraction of sp³-hybridized carbons (Fsp3) is 0.176. The SMILES string of the molecule is COC(=O)C1=NN(C(=O)c2ccccn2)C(O)(c2ccc(Cl)cc2)C1. The van der Waals surface area contributed by atoms with Gasteiger partial charge in [-0.2, -0.15) is 10.1 Å². The Hall–Kier alpha value is -2.77. The van der Waals surface area contributed by atoms with E-state index in [1.807, 2.05) is 0 Å². The summed E-state index contributed by atoms with van der Waals surface area (Å²) < 4.78 is 4.66. The first-order valence-electron chi connectivity index (χ1n) is 7.35. The molecule has 1 aromatic carbocycles. The Labute approximate surface area is 148 Å². The van der Waals surface area contributed by atoms with Gasteiger partial charge in [0, 0.05) is 16.8 Å². The van der Waals surface area contributed by atoms with Gasteiger partial charge >= 0.3 is 5.97 Å². The maximum absolute atomic E-state index is 12.8. The van der Waals surface area contributed by atoms with Crippen LogP contribution in [-0.4, -0.2) is 39.8 Å². The van der Waals surface area contributed by atoms with Gasteiger partial charge in [0.1, 0.15) is 5.69 Å². The third-order valence-corrected chi connectivity index (χ3v) is 4.04. The Morgan fingerprint density at radius 3 is 2.56 bits per heavy atom. The minimum atomic E-state index is -1.84. The fourth-order valence-corrected chi connectivity index (χ4v) is 2.66. The number of aromatic nitrogens is 1. The summed E-state index contributed by atoms with van der Waals surface area (Å²) in [6.07, 6.45) is 1.25. The quantitative estimate of drug-likeness (QED) is 0.846. The van der Waals surface area contributed by atoms with Crippen molar-refractivity contribution in [2.24, 2.45) is 5.10 Å². The molecule has 0 saturated carbocycles. The third-order valence-electron chi connectivity index (χ3n) is 3.79. The normalized spacial score (nSPS) is 19.5. The average Bonchev–Trinajstić information content (AvgIpc) is 3.00. The van der Waals surface area contributed by atoms with Crippen molar-refractivity contribution in [3.05, 3.63) is 64.9 Å². The number of hydrogen-bond donors (Lipinski definition) is 1. The summed E-state index contributed by atoms with van der Waals surface area (Å²) in [4.78, 5) is 28.6. The maximum atomic E-state index is 12.8. The first-order valence-corrected chi connectivity index (χ1v) is 7.73. The Balaban J connectivity index is 2.05. The van der Waals surface area contributed by atoms with E-state index in [0.29, 0.717) is 10.6 Å². The highest BCUT2D eigenvalue weighted by atomic mass is 35.5. The van der Waals surface area contributed by atoms with Crippen LogP contribution in [0.1, 0.15) is 22.5 Å². The number of amides is 1. The first-order chi connectivity index (χ1) is 12.0. The summed E-state index contributed by atoms with van der Waals surface area (Å²) in [6.45, 7) is 0. The second-order valence-electron chi connectivity index (χ2n) is 5.37. The molecule has 1 aliphatic rings. The highest BCUT2D eigenvalue weighted by Gasteiger charge is 2.48. The lowest BCUT2D eigenvalue weighted by molar-refractivity contribution is -0.133. The fourth-order valence-electron chi connectivity index (χ4n) is 2.53. The molecule has 1 unspecified atom stereocenters. The van der Waals surface area contributed by atoms with E-state index in [-0.39, 0.29) is 17.8 Å². The van der Waals surface area contributed by atoms with Crippen LogP contribution in [0.4, 0.5) is 0 Å². The average molecular weight is 360 g/mol. The van der Waals surface area contributed by atoms with Gasteiger partial charge in [-0.15, -0.1) is 0 Å². The molecule has 1 N–H and O–H groups in total. The molecule has 1 aliphatic heterocycles. The summed E-state index contributed by atoms with van der Waals surface area (Å²) in [5.41, 5.74) is -1.46. The first kappa shape index (κ1) is 17.1. The molecule has 0 bridgehead atoms. The number of esters is 1. The number of benzene rings is 1. The number of halogens is 1. The van der Waals surface area contributed by atoms with Gasteiger partial charge in [-0.1, -0.05) is 29.8 Å². The highest BCUT2D eigenvalue weighted by molar-refractivity contribution is 6.37. The van der Waals surface area contributed by atoms with E-state index in [2.05, 4.69) is 14.8 Å². The molecule has 2 heterocycles. The van der Waals surface area contributed by atoms with Crippen LogP contribution >= 0.6 is 11.6 Å². The number of carbonyl (C=O) groups excluding carboxylic acids is 2. The molecule has 2 aromatic rings. The van der Waals surface area contributed by atoms with Crippen molar-refractivity contribution in [2.75, 3.05) is 7.11 Å². The predicted octanol–water partition coefficient (Wildman–Crippen LogP) is 1.96. The zero-order valence-corrected chi connectivity index (χ0v) is 14.0. The number of aliphatic hydroxyl groups is 1. The van der Waals surface area contributed by atoms with Crippen molar-refractivity contribution >= 4 is 29.2 Å². The third kappa shape index (κ3) is 3.11. The molecule has 8 heteroatoms. The maximum Gasteiger partial charge on any atom is 0.354 e. The van der Waals surface area contributed by atoms with Gasteiger partial charge in [0.15, 0.2) is 11.4 Å². The zero-order chi connectivity index (χ0) is 18.0. The summed E-state index contributed by atoms with van der Waals surface area (Å²) >= 11 is 5.89. The molecule has 7 nitrogen and oxygen atoms in total. The van der Waals surface area contributed by atoms with Crippen molar-refractivity contribution in [1.29, 1.82) is 0 Å². The molecule has 1 aromatic heterocycles. The molecule has 1 atom stereocenters. The van der Waals surface area contributed by atoms with Crippen molar-refractivity contribution in [2.45, 2.75) is 12.1 Å². The molecule has 0 aliphatic carbocycles. The van der Waals surface area contributed by atoms with E-state index in [4.69, 9.17) is 11.6 Å². The molecular weight excluding hydrogens is 346 g/mol. The van der Waals surface area contributed by atoms with Gasteiger partial charge < -0.3 is 9.84 Å². The van der Waals surface area contributed by atoms with Gasteiger partial charge in [0.2, 0.25) is 0 Å². The van der Waals surface area contributed by atoms with E-state index in [0.717, 1.165) is 5.01 Å². The van der Waals surface area contributed by atoms with Crippen LogP contribution in [0, 0.1) is 0 Å². The lowest BCUT2D eigenvalue weighted by Gasteiger charge is -2.31. The zero-order valence-electron chi connectivity index (χ0n) is 13.2. The number of methoxy groups -OCH3 is 1. The molecule has 3 rings (SSSR count). The Morgan fingerprint density at radius 2 is 1.96 bits per heavy atom. The smallest absolute Gasteiger partial charge is 0.354 e. The Kier molecular flexibility index (Phi) is 4.52. The lowest BCUT2D eigenvalue weighted by atomic mass is 9.97. The van der Waals surface area contributed by atoms with Crippen molar-refractivity contribution in [3.8, 4) is 0 Å². The molecule has 1 amide bonds. The van der Waals surface area contributed by atoms with Gasteiger partial charge in [-0.05, 0) is 24.3 Å². The van der Waals surface area contributed by atoms with E-state index in [1.54, 1.807) is 36.4 Å². The van der Waals surface area contributed by atoms with Crippen molar-refractivity contribution in [1.82, 2.24) is 9.99 Å². The molecular formula is C17H14ClN3O4. The second kappa shape index (κ2) is 6.62. The largest absolute Gasteiger partial charge is 0.464 e. The summed E-state index contributed by atoms with van der Waals surface area (Å²) in [5.74, 6) is -1.36. The van der Waals surface area contributed by atoms with E-state index in [9.17, 15) is 14.7 Å². The monoisotopic (exact) mass is 359 g/mol. The van der Waals surface area contributed by atoms with Crippen LogP contribution in [0.3, 0.4) is 0 Å². The highest BCUT2D eigenvalue weighted by Crippen LogP contribution is 2.36. The van der Waals surface area contributed by atoms with Gasteiger partial charge in [-0.3, -0.25) is 9.78 Å². The summed E-state index contributed by atoms with van der Waals surface area (Å²) in [7, 11) is 1.20. The predicted molar refractivity (Wildman–Crippen MR) is 89.8 cm³/mol. The number of ether oxygens (including phenoxy) is 1. The van der Waals surface area contributed by atoms with Gasteiger partial charge in [0.05, 0.1) is 13.5 Å².